The van der Waals surface area contributed by atoms with Crippen LogP contribution < -0.4 is 16.6 Å². The van der Waals surface area contributed by atoms with E-state index in [1.807, 2.05) is 18.2 Å². The Morgan fingerprint density at radius 2 is 1.86 bits per heavy atom. The number of aliphatic hydroxyl groups is 1. The van der Waals surface area contributed by atoms with Gasteiger partial charge in [0.15, 0.2) is 5.60 Å². The summed E-state index contributed by atoms with van der Waals surface area (Å²) in [4.78, 5) is 27.2. The number of aryl methyl sites for hydroxylation is 1. The molecule has 0 aliphatic carbocycles. The summed E-state index contributed by atoms with van der Waals surface area (Å²) in [6, 6.07) is 21.0. The molecular weight excluding hydrogens is 552 g/mol. The zero-order valence-corrected chi connectivity index (χ0v) is 24.7. The first-order chi connectivity index (χ1) is 20.1. The van der Waals surface area contributed by atoms with E-state index in [-0.39, 0.29) is 11.5 Å². The minimum absolute atomic E-state index is 0.175. The number of benzene rings is 3. The van der Waals surface area contributed by atoms with Crippen molar-refractivity contribution < 1.29 is 14.6 Å². The summed E-state index contributed by atoms with van der Waals surface area (Å²) in [6.45, 7) is 4.88. The Kier molecular flexibility index (Phi) is 9.52. The monoisotopic (exact) mass is 586 g/mol. The summed E-state index contributed by atoms with van der Waals surface area (Å²) in [7, 11) is 5.05. The average Bonchev–Trinajstić information content (AvgIpc) is 3.00. The van der Waals surface area contributed by atoms with Gasteiger partial charge >= 0.3 is 0 Å². The number of fused-ring (bicyclic) bond motifs is 1. The van der Waals surface area contributed by atoms with Crippen molar-refractivity contribution in [1.82, 2.24) is 14.8 Å². The van der Waals surface area contributed by atoms with Crippen LogP contribution in [0.3, 0.4) is 0 Å². The number of pyridine rings is 1. The van der Waals surface area contributed by atoms with E-state index in [2.05, 4.69) is 11.9 Å². The second-order valence-corrected chi connectivity index (χ2v) is 10.4. The van der Waals surface area contributed by atoms with Crippen molar-refractivity contribution >= 4 is 28.4 Å². The third-order valence-corrected chi connectivity index (χ3v) is 7.59. The fraction of sp³-hybridized carbons (Fsp3) is 0.212. The summed E-state index contributed by atoms with van der Waals surface area (Å²) in [6.07, 6.45) is 3.58. The first-order valence-electron chi connectivity index (χ1n) is 13.4. The van der Waals surface area contributed by atoms with E-state index in [1.165, 1.54) is 6.20 Å². The summed E-state index contributed by atoms with van der Waals surface area (Å²) in [5, 5.41) is 16.7. The van der Waals surface area contributed by atoms with Crippen molar-refractivity contribution in [2.45, 2.75) is 12.0 Å². The van der Waals surface area contributed by atoms with Crippen LogP contribution in [0.1, 0.15) is 27.9 Å². The molecule has 42 heavy (non-hydrogen) atoms. The summed E-state index contributed by atoms with van der Waals surface area (Å²) in [5.74, 6) is -0.225. The molecule has 4 N–H and O–H groups in total. The second kappa shape index (κ2) is 13.1. The van der Waals surface area contributed by atoms with Crippen molar-refractivity contribution in [3.63, 3.8) is 0 Å². The fourth-order valence-electron chi connectivity index (χ4n) is 5.02. The maximum Gasteiger partial charge on any atom is 0.251 e. The maximum absolute atomic E-state index is 12.9. The third-order valence-electron chi connectivity index (χ3n) is 7.36. The van der Waals surface area contributed by atoms with Crippen LogP contribution >= 0.6 is 11.6 Å². The highest BCUT2D eigenvalue weighted by atomic mass is 35.5. The third kappa shape index (κ3) is 5.97. The van der Waals surface area contributed by atoms with Crippen molar-refractivity contribution in [3.8, 4) is 11.1 Å². The van der Waals surface area contributed by atoms with Crippen molar-refractivity contribution in [3.05, 3.63) is 130 Å². The van der Waals surface area contributed by atoms with Gasteiger partial charge in [-0.3, -0.25) is 9.59 Å². The van der Waals surface area contributed by atoms with Gasteiger partial charge < -0.3 is 30.4 Å². The molecule has 1 unspecified atom stereocenters. The molecule has 0 aliphatic rings. The molecule has 3 aromatic carbocycles. The first-order valence-corrected chi connectivity index (χ1v) is 13.8. The lowest BCUT2D eigenvalue weighted by atomic mass is 9.81. The lowest BCUT2D eigenvalue weighted by molar-refractivity contribution is 0.0939. The van der Waals surface area contributed by atoms with Gasteiger partial charge in [0, 0.05) is 62.6 Å². The molecule has 0 fully saturated rings. The smallest absolute Gasteiger partial charge is 0.251 e. The largest absolute Gasteiger partial charge is 0.403 e. The lowest BCUT2D eigenvalue weighted by Crippen LogP contribution is -2.37. The molecule has 4 aromatic rings. The molecule has 0 bridgehead atoms. The zero-order chi connectivity index (χ0) is 30.4. The number of hydrogen-bond acceptors (Lipinski definition) is 6. The number of nitrogens with zero attached hydrogens (tertiary/aromatic N) is 2. The molecule has 4 rings (SSSR count). The number of nitrogens with one attached hydrogen (secondary N) is 1. The molecule has 0 radical (unpaired) electrons. The second-order valence-electron chi connectivity index (χ2n) is 9.93. The number of halogens is 1. The highest BCUT2D eigenvalue weighted by molar-refractivity contribution is 6.30. The van der Waals surface area contributed by atoms with Crippen LogP contribution in [0.5, 0.6) is 0 Å². The number of carbonyl (C=O) groups excluding carboxylic acids is 1. The molecule has 9 heteroatoms. The highest BCUT2D eigenvalue weighted by Crippen LogP contribution is 2.40. The van der Waals surface area contributed by atoms with E-state index in [4.69, 9.17) is 22.1 Å². The highest BCUT2D eigenvalue weighted by Gasteiger charge is 2.38. The number of hydrogen-bond donors (Lipinski definition) is 3. The summed E-state index contributed by atoms with van der Waals surface area (Å²) < 4.78 is 6.59. The number of rotatable bonds is 11. The van der Waals surface area contributed by atoms with Gasteiger partial charge in [-0.2, -0.15) is 0 Å². The van der Waals surface area contributed by atoms with E-state index < -0.39 is 5.60 Å². The van der Waals surface area contributed by atoms with Gasteiger partial charge in [-0.1, -0.05) is 48.5 Å². The molecule has 8 nitrogen and oxygen atoms in total. The maximum atomic E-state index is 12.9. The normalized spacial score (nSPS) is 13.0. The molecule has 0 saturated heterocycles. The Bertz CT molecular complexity index is 1700. The van der Waals surface area contributed by atoms with Crippen molar-refractivity contribution in [2.24, 2.45) is 12.8 Å². The number of amides is 1. The number of nitrogens with two attached hydrogens (primary N) is 1. The quantitative estimate of drug-likeness (QED) is 0.219. The van der Waals surface area contributed by atoms with Crippen molar-refractivity contribution in [2.75, 3.05) is 27.3 Å². The zero-order valence-electron chi connectivity index (χ0n) is 23.9. The lowest BCUT2D eigenvalue weighted by Gasteiger charge is -2.36. The first kappa shape index (κ1) is 30.6. The summed E-state index contributed by atoms with van der Waals surface area (Å²) in [5.41, 5.74) is 8.10. The number of aromatic nitrogens is 1. The van der Waals surface area contributed by atoms with Gasteiger partial charge in [-0.25, -0.2) is 0 Å². The predicted molar refractivity (Wildman–Crippen MR) is 168 cm³/mol. The Labute approximate surface area is 250 Å². The Hall–Kier alpha value is -4.37. The van der Waals surface area contributed by atoms with E-state index in [1.54, 1.807) is 91.5 Å². The SMILES string of the molecule is C=CN(C)/C(=C\N)C(O)(c1ccc(C(=O)NCCCOC)cc1)c1ccc2c(c1)c(-c1cccc(Cl)c1)cc(=O)n2C. The standard InChI is InChI=1S/C33H35ClN4O4/c1-5-37(2)30(21-35)33(41,24-12-10-22(11-13-24)32(40)36-16-7-17-42-4)25-14-15-29-28(19-25)27(20-31(39)38(29)3)23-8-6-9-26(34)18-23/h5-6,8-15,18-21,41H,1,7,16-17,35H2,2-4H3,(H,36,40)/b30-21-. The molecule has 0 spiro atoms. The van der Waals surface area contributed by atoms with Crippen LogP contribution in [0, 0.1) is 0 Å². The van der Waals surface area contributed by atoms with Gasteiger partial charge in [0.2, 0.25) is 0 Å². The van der Waals surface area contributed by atoms with Crippen LogP contribution in [0.4, 0.5) is 0 Å². The van der Waals surface area contributed by atoms with E-state index in [9.17, 15) is 14.7 Å². The molecule has 1 heterocycles. The van der Waals surface area contributed by atoms with Gasteiger partial charge in [-0.05, 0) is 71.3 Å². The van der Waals surface area contributed by atoms with Gasteiger partial charge in [0.05, 0.1) is 11.2 Å². The number of methoxy groups -OCH3 is 1. The van der Waals surface area contributed by atoms with E-state index >= 15 is 0 Å². The van der Waals surface area contributed by atoms with Crippen LogP contribution in [-0.4, -0.2) is 47.8 Å². The van der Waals surface area contributed by atoms with E-state index in [0.29, 0.717) is 58.1 Å². The minimum Gasteiger partial charge on any atom is -0.403 e. The van der Waals surface area contributed by atoms with Crippen molar-refractivity contribution in [1.29, 1.82) is 0 Å². The van der Waals surface area contributed by atoms with Crippen LogP contribution in [0.2, 0.25) is 5.02 Å². The molecule has 0 saturated carbocycles. The average molecular weight is 587 g/mol. The number of ether oxygens (including phenoxy) is 1. The van der Waals surface area contributed by atoms with Crippen LogP contribution in [0.25, 0.3) is 22.0 Å². The van der Waals surface area contributed by atoms with Gasteiger partial charge in [-0.15, -0.1) is 0 Å². The fourth-order valence-corrected chi connectivity index (χ4v) is 5.21. The molecule has 1 amide bonds. The summed E-state index contributed by atoms with van der Waals surface area (Å²) >= 11 is 6.30. The Morgan fingerprint density at radius 3 is 2.50 bits per heavy atom. The predicted octanol–water partition coefficient (Wildman–Crippen LogP) is 4.74. The van der Waals surface area contributed by atoms with Crippen LogP contribution in [0.15, 0.2) is 102 Å². The molecule has 1 aromatic heterocycles. The Balaban J connectivity index is 1.89. The Morgan fingerprint density at radius 1 is 1.14 bits per heavy atom. The molecule has 1 atom stereocenters. The minimum atomic E-state index is -1.75. The molecule has 0 aliphatic heterocycles. The van der Waals surface area contributed by atoms with Gasteiger partial charge in [0.1, 0.15) is 0 Å². The number of likely N-dealkylation sites (N-methyl/N-ethyl adjacent to an activating group) is 1. The van der Waals surface area contributed by atoms with Crippen LogP contribution in [-0.2, 0) is 17.4 Å². The number of carbonyl (C=O) groups is 1. The van der Waals surface area contributed by atoms with E-state index in [0.717, 1.165) is 10.9 Å². The van der Waals surface area contributed by atoms with Gasteiger partial charge in [0.25, 0.3) is 11.5 Å². The molecular formula is C33H35ClN4O4. The topological polar surface area (TPSA) is 110 Å². The molecule has 218 valence electrons.